The molecule has 4 aromatic rings. The Labute approximate surface area is 455 Å². The summed E-state index contributed by atoms with van der Waals surface area (Å²) in [6, 6.07) is 17.7. The Balaban J connectivity index is 0.000000268. The van der Waals surface area contributed by atoms with Crippen LogP contribution in [0.1, 0.15) is 89.5 Å². The van der Waals surface area contributed by atoms with Crippen molar-refractivity contribution >= 4 is 93.0 Å². The molecule has 4 aromatic carbocycles. The van der Waals surface area contributed by atoms with Gasteiger partial charge in [-0.05, 0) is 90.8 Å². The lowest BCUT2D eigenvalue weighted by Gasteiger charge is -2.17. The molecule has 0 saturated carbocycles. The summed E-state index contributed by atoms with van der Waals surface area (Å²) in [6.45, 7) is 12.3. The van der Waals surface area contributed by atoms with Gasteiger partial charge in [-0.2, -0.15) is 0 Å². The molecule has 73 heavy (non-hydrogen) atoms. The minimum atomic E-state index is -0.881. The molecule has 15 nitrogen and oxygen atoms in total. The number of hydrogen-bond acceptors (Lipinski definition) is 14. The molecular weight excluding hydrogens is 1070 g/mol. The van der Waals surface area contributed by atoms with E-state index in [1.54, 1.807) is 50.2 Å². The van der Waals surface area contributed by atoms with E-state index in [1.165, 1.54) is 26.4 Å². The first-order valence-electron chi connectivity index (χ1n) is 22.6. The van der Waals surface area contributed by atoms with Gasteiger partial charge in [-0.1, -0.05) is 104 Å². The number of carbonyl (C=O) groups excluding carboxylic acids is 1. The Bertz CT molecular complexity index is 2660. The number of esters is 1. The number of methoxy groups -OCH3 is 2. The van der Waals surface area contributed by atoms with Gasteiger partial charge in [0.15, 0.2) is 23.0 Å². The van der Waals surface area contributed by atoms with E-state index in [0.717, 1.165) is 24.0 Å². The van der Waals surface area contributed by atoms with Gasteiger partial charge in [-0.3, -0.25) is 9.59 Å². The first-order chi connectivity index (χ1) is 34.5. The van der Waals surface area contributed by atoms with E-state index in [4.69, 9.17) is 118 Å². The molecule has 2 N–H and O–H groups in total. The molecule has 2 aliphatic rings. The highest BCUT2D eigenvalue weighted by atomic mass is 35.5. The fraction of sp³-hybridized carbons (Fsp3) is 0.385. The van der Waals surface area contributed by atoms with Crippen LogP contribution in [0.25, 0.3) is 0 Å². The van der Waals surface area contributed by atoms with E-state index < -0.39 is 5.97 Å². The number of aliphatic carboxylic acids is 1. The summed E-state index contributed by atoms with van der Waals surface area (Å²) >= 11 is 34.8. The minimum Gasteiger partial charge on any atom is -0.504 e. The van der Waals surface area contributed by atoms with Crippen LogP contribution in [0.2, 0.25) is 10.0 Å². The van der Waals surface area contributed by atoms with Gasteiger partial charge in [-0.25, -0.2) is 0 Å². The van der Waals surface area contributed by atoms with Crippen LogP contribution in [0.3, 0.4) is 0 Å². The van der Waals surface area contributed by atoms with Crippen molar-refractivity contribution in [1.82, 2.24) is 0 Å². The largest absolute Gasteiger partial charge is 0.504 e. The van der Waals surface area contributed by atoms with Crippen molar-refractivity contribution < 1.29 is 62.6 Å². The number of hydrogen-bond donors (Lipinski definition) is 2. The van der Waals surface area contributed by atoms with Crippen molar-refractivity contribution in [3.05, 3.63) is 114 Å². The van der Waals surface area contributed by atoms with Gasteiger partial charge in [0, 0.05) is 60.1 Å². The first kappa shape index (κ1) is 60.1. The molecule has 2 aliphatic heterocycles. The SMILES string of the molecule is CC1(C)Cc2cccc(O)c2O1.COc1c(Cl)cc(OCC=C(Cl)Cl)cc1/C(C)=N/OCCCC(=O)O.COc1c(Cl)cc(OCC=C(Cl)Cl)cc1/C(C)=N/OCCCC(=O)Oc1cccc2c1OC(C)(C)C2. The number of aromatic hydroxyl groups is 1. The lowest BCUT2D eigenvalue weighted by Crippen LogP contribution is -2.24. The van der Waals surface area contributed by atoms with E-state index in [9.17, 15) is 14.7 Å². The topological polar surface area (TPSA) is 182 Å². The van der Waals surface area contributed by atoms with Crippen molar-refractivity contribution in [3.8, 4) is 46.0 Å². The predicted octanol–water partition coefficient (Wildman–Crippen LogP) is 13.6. The molecule has 0 unspecified atom stereocenters. The number of phenolic OH excluding ortho intramolecular Hbond substituents is 1. The predicted molar refractivity (Wildman–Crippen MR) is 286 cm³/mol. The highest BCUT2D eigenvalue weighted by Gasteiger charge is 2.33. The van der Waals surface area contributed by atoms with E-state index >= 15 is 0 Å². The third-order valence-electron chi connectivity index (χ3n) is 10.2. The summed E-state index contributed by atoms with van der Waals surface area (Å²) in [5, 5.41) is 26.8. The second kappa shape index (κ2) is 28.9. The molecule has 0 atom stereocenters. The van der Waals surface area contributed by atoms with Crippen molar-refractivity contribution in [1.29, 1.82) is 0 Å². The van der Waals surface area contributed by atoms with E-state index in [0.29, 0.717) is 85.7 Å². The normalized spacial score (nSPS) is 13.7. The fourth-order valence-corrected chi connectivity index (χ4v) is 7.88. The number of carboxylic acids is 1. The van der Waals surface area contributed by atoms with Crippen LogP contribution in [-0.4, -0.2) is 85.4 Å². The second-order valence-electron chi connectivity index (χ2n) is 17.3. The standard InChI is InChI=1S/C26H28Cl3NO6.C16H18Cl3NO5.C10H12O2/c1-16(19-13-18(33-12-10-22(28)29)14-20(27)25(19)32-4)30-34-11-6-9-23(31)35-21-8-5-7-17-15-26(2,3)36-24(17)21;1-10(20-25-6-3-4-15(21)22)12-8-11(24-7-5-14(18)19)9-13(17)16(12)23-2;1-10(2)6-7-4-3-5-8(11)9(7)12-10/h5,7-8,10,13-14H,6,9,11-12,15H2,1-4H3;5,8-9H,3-4,6-7H2,1-2H3,(H,21,22);3-5,11H,6H2,1-2H3/b30-16+;20-10+;. The highest BCUT2D eigenvalue weighted by Crippen LogP contribution is 2.43. The maximum absolute atomic E-state index is 12.3. The Morgan fingerprint density at radius 3 is 1.59 bits per heavy atom. The molecule has 0 bridgehead atoms. The van der Waals surface area contributed by atoms with Gasteiger partial charge in [0.05, 0.1) is 35.7 Å². The highest BCUT2D eigenvalue weighted by molar-refractivity contribution is 6.56. The number of nitrogens with zero attached hydrogens (tertiary/aromatic N) is 2. The van der Waals surface area contributed by atoms with Crippen LogP contribution in [0, 0.1) is 0 Å². The number of oxime groups is 2. The minimum absolute atomic E-state index is 0.0176. The van der Waals surface area contributed by atoms with Gasteiger partial charge >= 0.3 is 11.9 Å². The smallest absolute Gasteiger partial charge is 0.311 e. The van der Waals surface area contributed by atoms with Crippen LogP contribution in [-0.2, 0) is 32.1 Å². The number of carboxylic acid groups (broad SMARTS) is 1. The zero-order valence-electron chi connectivity index (χ0n) is 41.5. The molecule has 21 heteroatoms. The van der Waals surface area contributed by atoms with Gasteiger partial charge in [-0.15, -0.1) is 0 Å². The van der Waals surface area contributed by atoms with Crippen molar-refractivity contribution in [2.24, 2.45) is 10.3 Å². The number of halogens is 6. The summed E-state index contributed by atoms with van der Waals surface area (Å²) in [4.78, 5) is 33.3. The molecule has 6 rings (SSSR count). The number of ether oxygens (including phenoxy) is 7. The molecule has 0 spiro atoms. The Hall–Kier alpha value is -5.42. The summed E-state index contributed by atoms with van der Waals surface area (Å²) in [5.74, 6) is 2.55. The Morgan fingerprint density at radius 2 is 1.14 bits per heavy atom. The second-order valence-corrected chi connectivity index (χ2v) is 20.1. The van der Waals surface area contributed by atoms with Crippen molar-refractivity contribution in [2.45, 2.75) is 91.3 Å². The summed E-state index contributed by atoms with van der Waals surface area (Å²) in [5.41, 5.74) is 3.86. The number of rotatable bonds is 21. The number of fused-ring (bicyclic) bond motifs is 2. The molecule has 0 aliphatic carbocycles. The van der Waals surface area contributed by atoms with Crippen LogP contribution >= 0.6 is 69.6 Å². The zero-order valence-corrected chi connectivity index (χ0v) is 46.1. The molecule has 0 radical (unpaired) electrons. The monoisotopic (exact) mass is 1130 g/mol. The molecule has 0 aromatic heterocycles. The lowest BCUT2D eigenvalue weighted by molar-refractivity contribution is -0.137. The molecule has 0 saturated heterocycles. The van der Waals surface area contributed by atoms with Gasteiger partial charge in [0.25, 0.3) is 0 Å². The third kappa shape index (κ3) is 19.7. The summed E-state index contributed by atoms with van der Waals surface area (Å²) in [7, 11) is 3.00. The summed E-state index contributed by atoms with van der Waals surface area (Å²) in [6.07, 6.45) is 5.60. The van der Waals surface area contributed by atoms with Crippen molar-refractivity contribution in [3.63, 3.8) is 0 Å². The Morgan fingerprint density at radius 1 is 0.685 bits per heavy atom. The number of phenols is 1. The fourth-order valence-electron chi connectivity index (χ4n) is 7.05. The van der Waals surface area contributed by atoms with Crippen LogP contribution in [0.5, 0.6) is 46.0 Å². The number of para-hydroxylation sites is 2. The van der Waals surface area contributed by atoms with Crippen molar-refractivity contribution in [2.75, 3.05) is 40.6 Å². The average molecular weight is 1130 g/mol. The van der Waals surface area contributed by atoms with Gasteiger partial charge in [0.2, 0.25) is 0 Å². The number of benzene rings is 4. The Kier molecular flexibility index (Phi) is 23.8. The lowest BCUT2D eigenvalue weighted by atomic mass is 10.0. The van der Waals surface area contributed by atoms with Crippen LogP contribution < -0.4 is 33.2 Å². The molecule has 0 amide bonds. The van der Waals surface area contributed by atoms with Gasteiger partial charge in [0.1, 0.15) is 69.6 Å². The zero-order chi connectivity index (χ0) is 53.9. The molecule has 396 valence electrons. The third-order valence-corrected chi connectivity index (χ3v) is 11.4. The van der Waals surface area contributed by atoms with E-state index in [2.05, 4.69) is 10.3 Å². The first-order valence-corrected chi connectivity index (χ1v) is 24.9. The molecule has 0 fully saturated rings. The van der Waals surface area contributed by atoms with E-state index in [1.807, 2.05) is 52.0 Å². The maximum atomic E-state index is 12.3. The number of carbonyl (C=O) groups is 2. The van der Waals surface area contributed by atoms with Crippen LogP contribution in [0.4, 0.5) is 0 Å². The quantitative estimate of drug-likeness (QED) is 0.0265. The van der Waals surface area contributed by atoms with E-state index in [-0.39, 0.29) is 71.2 Å². The maximum Gasteiger partial charge on any atom is 0.311 e. The van der Waals surface area contributed by atoms with Crippen LogP contribution in [0.15, 0.2) is 92.1 Å². The molecule has 2 heterocycles. The van der Waals surface area contributed by atoms with Gasteiger partial charge < -0.3 is 53.0 Å². The molecular formula is C52H58Cl6N2O13. The summed E-state index contributed by atoms with van der Waals surface area (Å²) < 4.78 is 39.1. The average Bonchev–Trinajstić information content (AvgIpc) is 3.82.